The third-order valence-electron chi connectivity index (χ3n) is 3.65. The maximum absolute atomic E-state index is 12.1. The Hall–Kier alpha value is -0.750. The molecule has 0 radical (unpaired) electrons. The molecule has 0 saturated heterocycles. The molecule has 0 aromatic carbocycles. The molecule has 110 valence electrons. The maximum atomic E-state index is 12.1. The summed E-state index contributed by atoms with van der Waals surface area (Å²) in [5.41, 5.74) is 0.676. The Balaban J connectivity index is 2.05. The molecule has 1 aliphatic carbocycles. The Bertz CT molecular complexity index is 524. The van der Waals surface area contributed by atoms with Gasteiger partial charge >= 0.3 is 0 Å². The zero-order valence-corrected chi connectivity index (χ0v) is 14.0. The van der Waals surface area contributed by atoms with Crippen LogP contribution in [0.1, 0.15) is 25.7 Å². The van der Waals surface area contributed by atoms with Gasteiger partial charge in [-0.1, -0.05) is 6.08 Å². The van der Waals surface area contributed by atoms with Crippen molar-refractivity contribution in [3.63, 3.8) is 0 Å². The van der Waals surface area contributed by atoms with Crippen LogP contribution in [0.15, 0.2) is 28.1 Å². The van der Waals surface area contributed by atoms with Crippen molar-refractivity contribution in [3.05, 3.63) is 33.7 Å². The highest BCUT2D eigenvalue weighted by molar-refractivity contribution is 9.10. The highest BCUT2D eigenvalue weighted by Crippen LogP contribution is 2.29. The van der Waals surface area contributed by atoms with Gasteiger partial charge in [-0.15, -0.1) is 6.58 Å². The molecule has 0 spiro atoms. The predicted molar refractivity (Wildman–Crippen MR) is 89.6 cm³/mol. The van der Waals surface area contributed by atoms with Crippen molar-refractivity contribution in [1.29, 1.82) is 0 Å². The molecule has 20 heavy (non-hydrogen) atoms. The number of hydrogen-bond donors (Lipinski definition) is 1. The number of halogens is 1. The van der Waals surface area contributed by atoms with Gasteiger partial charge in [-0.3, -0.25) is 4.79 Å². The molecule has 4 nitrogen and oxygen atoms in total. The van der Waals surface area contributed by atoms with Crippen molar-refractivity contribution in [3.8, 4) is 0 Å². The molecule has 1 aliphatic rings. The lowest BCUT2D eigenvalue weighted by atomic mass is 9.95. The van der Waals surface area contributed by atoms with Gasteiger partial charge in [0.2, 0.25) is 0 Å². The van der Waals surface area contributed by atoms with Gasteiger partial charge in [-0.05, 0) is 47.9 Å². The van der Waals surface area contributed by atoms with E-state index in [1.54, 1.807) is 12.3 Å². The van der Waals surface area contributed by atoms with Crippen molar-refractivity contribution in [2.45, 2.75) is 43.5 Å². The molecule has 0 amide bonds. The van der Waals surface area contributed by atoms with Crippen molar-refractivity contribution in [2.24, 2.45) is 0 Å². The minimum Gasteiger partial charge on any atom is -0.380 e. The summed E-state index contributed by atoms with van der Waals surface area (Å²) in [6, 6.07) is 0.436. The largest absolute Gasteiger partial charge is 0.380 e. The Labute approximate surface area is 132 Å². The minimum atomic E-state index is -0.118. The SMILES string of the molecule is C=CCn1ncc(NC2CCC(SC)CC2)c(Br)c1=O. The van der Waals surface area contributed by atoms with Gasteiger partial charge in [0.05, 0.1) is 18.4 Å². The van der Waals surface area contributed by atoms with Crippen LogP contribution in [0.5, 0.6) is 0 Å². The molecule has 1 N–H and O–H groups in total. The van der Waals surface area contributed by atoms with Crippen LogP contribution < -0.4 is 10.9 Å². The van der Waals surface area contributed by atoms with E-state index in [1.165, 1.54) is 17.5 Å². The number of aromatic nitrogens is 2. The summed E-state index contributed by atoms with van der Waals surface area (Å²) in [6.07, 6.45) is 10.3. The van der Waals surface area contributed by atoms with E-state index in [9.17, 15) is 4.79 Å². The highest BCUT2D eigenvalue weighted by Gasteiger charge is 2.21. The number of nitrogens with one attached hydrogen (secondary N) is 1. The molecule has 1 heterocycles. The normalized spacial score (nSPS) is 22.5. The first kappa shape index (κ1) is 15.6. The standard InChI is InChI=1S/C14H20BrN3OS/c1-3-8-18-14(19)13(15)12(9-16-18)17-10-4-6-11(20-2)7-5-10/h3,9-11,17H,1,4-8H2,2H3. The second kappa shape index (κ2) is 7.31. The zero-order chi connectivity index (χ0) is 14.5. The number of allylic oxidation sites excluding steroid dienone is 1. The monoisotopic (exact) mass is 357 g/mol. The third-order valence-corrected chi connectivity index (χ3v) is 5.56. The Morgan fingerprint density at radius 2 is 2.25 bits per heavy atom. The fraction of sp³-hybridized carbons (Fsp3) is 0.571. The van der Waals surface area contributed by atoms with Gasteiger partial charge in [0, 0.05) is 11.3 Å². The van der Waals surface area contributed by atoms with E-state index in [0.717, 1.165) is 23.8 Å². The summed E-state index contributed by atoms with van der Waals surface area (Å²) in [7, 11) is 0. The molecule has 1 fully saturated rings. The number of thioether (sulfide) groups is 1. The smallest absolute Gasteiger partial charge is 0.283 e. The summed E-state index contributed by atoms with van der Waals surface area (Å²) in [4.78, 5) is 12.1. The molecule has 0 unspecified atom stereocenters. The van der Waals surface area contributed by atoms with Crippen LogP contribution in [0.4, 0.5) is 5.69 Å². The summed E-state index contributed by atoms with van der Waals surface area (Å²) in [6.45, 7) is 4.05. The maximum Gasteiger partial charge on any atom is 0.283 e. The van der Waals surface area contributed by atoms with Gasteiger partial charge in [0.15, 0.2) is 0 Å². The number of anilines is 1. The van der Waals surface area contributed by atoms with Crippen molar-refractivity contribution < 1.29 is 0 Å². The van der Waals surface area contributed by atoms with E-state index in [-0.39, 0.29) is 5.56 Å². The van der Waals surface area contributed by atoms with Crippen LogP contribution in [-0.2, 0) is 6.54 Å². The van der Waals surface area contributed by atoms with Crippen molar-refractivity contribution in [2.75, 3.05) is 11.6 Å². The van der Waals surface area contributed by atoms with E-state index in [0.29, 0.717) is 17.1 Å². The first-order valence-electron chi connectivity index (χ1n) is 6.81. The second-order valence-electron chi connectivity index (χ2n) is 5.00. The fourth-order valence-electron chi connectivity index (χ4n) is 2.48. The second-order valence-corrected chi connectivity index (χ2v) is 6.93. The quantitative estimate of drug-likeness (QED) is 0.821. The van der Waals surface area contributed by atoms with Crippen molar-refractivity contribution in [1.82, 2.24) is 9.78 Å². The summed E-state index contributed by atoms with van der Waals surface area (Å²) >= 11 is 5.33. The molecule has 1 aromatic rings. The minimum absolute atomic E-state index is 0.118. The van der Waals surface area contributed by atoms with E-state index in [4.69, 9.17) is 0 Å². The average Bonchev–Trinajstić information content (AvgIpc) is 2.48. The number of hydrogen-bond acceptors (Lipinski definition) is 4. The van der Waals surface area contributed by atoms with Crippen LogP contribution in [0.2, 0.25) is 0 Å². The first-order valence-corrected chi connectivity index (χ1v) is 8.89. The predicted octanol–water partition coefficient (Wildman–Crippen LogP) is 3.28. The molecule has 2 rings (SSSR count). The molecular formula is C14H20BrN3OS. The van der Waals surface area contributed by atoms with E-state index < -0.39 is 0 Å². The Kier molecular flexibility index (Phi) is 5.72. The molecule has 0 atom stereocenters. The van der Waals surface area contributed by atoms with Crippen LogP contribution in [0.25, 0.3) is 0 Å². The lowest BCUT2D eigenvalue weighted by molar-refractivity contribution is 0.472. The first-order chi connectivity index (χ1) is 9.65. The van der Waals surface area contributed by atoms with Gasteiger partial charge < -0.3 is 5.32 Å². The fourth-order valence-corrected chi connectivity index (χ4v) is 3.65. The molecule has 0 aliphatic heterocycles. The van der Waals surface area contributed by atoms with Crippen LogP contribution >= 0.6 is 27.7 Å². The topological polar surface area (TPSA) is 46.9 Å². The lowest BCUT2D eigenvalue weighted by Gasteiger charge is -2.28. The van der Waals surface area contributed by atoms with Gasteiger partial charge in [0.1, 0.15) is 4.47 Å². The van der Waals surface area contributed by atoms with Gasteiger partial charge in [0.25, 0.3) is 5.56 Å². The number of nitrogens with zero attached hydrogens (tertiary/aromatic N) is 2. The van der Waals surface area contributed by atoms with E-state index in [1.807, 2.05) is 11.8 Å². The van der Waals surface area contributed by atoms with Crippen LogP contribution in [-0.4, -0.2) is 27.3 Å². The average molecular weight is 358 g/mol. The molecule has 1 aromatic heterocycles. The molecule has 1 saturated carbocycles. The summed E-state index contributed by atoms with van der Waals surface area (Å²) in [5, 5.41) is 8.40. The van der Waals surface area contributed by atoms with Crippen LogP contribution in [0.3, 0.4) is 0 Å². The lowest BCUT2D eigenvalue weighted by Crippen LogP contribution is -2.29. The van der Waals surface area contributed by atoms with E-state index >= 15 is 0 Å². The Morgan fingerprint density at radius 3 is 2.85 bits per heavy atom. The van der Waals surface area contributed by atoms with Gasteiger partial charge in [-0.2, -0.15) is 16.9 Å². The summed E-state index contributed by atoms with van der Waals surface area (Å²) < 4.78 is 1.95. The molecule has 6 heteroatoms. The molecular weight excluding hydrogens is 338 g/mol. The van der Waals surface area contributed by atoms with Crippen LogP contribution in [0, 0.1) is 0 Å². The number of rotatable bonds is 5. The molecule has 0 bridgehead atoms. The van der Waals surface area contributed by atoms with Gasteiger partial charge in [-0.25, -0.2) is 4.68 Å². The highest BCUT2D eigenvalue weighted by atomic mass is 79.9. The summed E-state index contributed by atoms with van der Waals surface area (Å²) in [5.74, 6) is 0. The third kappa shape index (κ3) is 3.67. The van der Waals surface area contributed by atoms with Crippen molar-refractivity contribution >= 4 is 33.4 Å². The van der Waals surface area contributed by atoms with E-state index in [2.05, 4.69) is 39.2 Å². The Morgan fingerprint density at radius 1 is 1.55 bits per heavy atom. The zero-order valence-electron chi connectivity index (χ0n) is 11.6.